The summed E-state index contributed by atoms with van der Waals surface area (Å²) in [6.07, 6.45) is 6.09. The van der Waals surface area contributed by atoms with Crippen molar-refractivity contribution in [2.75, 3.05) is 45.8 Å². The zero-order valence-corrected chi connectivity index (χ0v) is 17.2. The lowest BCUT2D eigenvalue weighted by atomic mass is 9.98. The highest BCUT2D eigenvalue weighted by Gasteiger charge is 2.36. The van der Waals surface area contributed by atoms with Gasteiger partial charge < -0.3 is 20.9 Å². The van der Waals surface area contributed by atoms with Crippen molar-refractivity contribution in [3.63, 3.8) is 0 Å². The largest absolute Gasteiger partial charge is 0.355 e. The summed E-state index contributed by atoms with van der Waals surface area (Å²) in [5.41, 5.74) is 5.56. The van der Waals surface area contributed by atoms with E-state index in [9.17, 15) is 4.79 Å². The van der Waals surface area contributed by atoms with Gasteiger partial charge in [0.1, 0.15) is 0 Å². The molecule has 5 nitrogen and oxygen atoms in total. The number of piperazine rings is 1. The molecule has 1 heterocycles. The highest BCUT2D eigenvalue weighted by Crippen LogP contribution is 2.27. The highest BCUT2D eigenvalue weighted by atomic mass is 35.5. The Bertz CT molecular complexity index is 333. The van der Waals surface area contributed by atoms with Gasteiger partial charge in [0, 0.05) is 32.7 Å². The molecule has 1 aliphatic carbocycles. The Balaban J connectivity index is 0. The molecule has 2 fully saturated rings. The van der Waals surface area contributed by atoms with Crippen LogP contribution in [0.15, 0.2) is 0 Å². The van der Waals surface area contributed by atoms with Crippen LogP contribution in [0.5, 0.6) is 0 Å². The van der Waals surface area contributed by atoms with Crippen LogP contribution >= 0.6 is 37.2 Å². The minimum atomic E-state index is -0.573. The van der Waals surface area contributed by atoms with Crippen molar-refractivity contribution in [1.82, 2.24) is 15.1 Å². The molecule has 2 rings (SSSR count). The predicted octanol–water partition coefficient (Wildman–Crippen LogP) is 2.06. The third kappa shape index (κ3) is 8.07. The molecule has 3 N–H and O–H groups in total. The van der Waals surface area contributed by atoms with Crippen LogP contribution < -0.4 is 11.1 Å². The Morgan fingerprint density at radius 3 is 2.08 bits per heavy atom. The molecule has 2 aliphatic rings. The monoisotopic (exact) mass is 404 g/mol. The van der Waals surface area contributed by atoms with E-state index in [0.717, 1.165) is 51.6 Å². The topological polar surface area (TPSA) is 61.6 Å². The predicted molar refractivity (Wildman–Crippen MR) is 108 cm³/mol. The fraction of sp³-hybridized carbons (Fsp3) is 0.938. The van der Waals surface area contributed by atoms with Gasteiger partial charge in [0.2, 0.25) is 5.91 Å². The number of unbranched alkanes of at least 4 members (excludes halogenated alkanes) is 1. The molecular formula is C16H35Cl3N4O. The summed E-state index contributed by atoms with van der Waals surface area (Å²) in [5.74, 6) is 0.0663. The van der Waals surface area contributed by atoms with Gasteiger partial charge in [-0.1, -0.05) is 19.8 Å². The molecule has 0 aromatic rings. The molecule has 24 heavy (non-hydrogen) atoms. The first kappa shape index (κ1) is 26.4. The first-order chi connectivity index (χ1) is 10.1. The minimum Gasteiger partial charge on any atom is -0.355 e. The molecule has 0 unspecified atom stereocenters. The number of hydrogen-bond donors (Lipinski definition) is 2. The van der Waals surface area contributed by atoms with Crippen molar-refractivity contribution in [3.05, 3.63) is 0 Å². The number of likely N-dealkylation sites (N-methyl/N-ethyl adjacent to an activating group) is 1. The molecule has 0 aromatic heterocycles. The number of halogens is 3. The van der Waals surface area contributed by atoms with Crippen molar-refractivity contribution in [3.8, 4) is 0 Å². The number of hydrogen-bond acceptors (Lipinski definition) is 4. The number of carbonyl (C=O) groups is 1. The Morgan fingerprint density at radius 2 is 1.54 bits per heavy atom. The van der Waals surface area contributed by atoms with Crippen LogP contribution in [0, 0.1) is 0 Å². The van der Waals surface area contributed by atoms with Crippen molar-refractivity contribution in [2.45, 2.75) is 51.0 Å². The minimum absolute atomic E-state index is 0. The van der Waals surface area contributed by atoms with Crippen LogP contribution in [0.3, 0.4) is 0 Å². The number of amides is 1. The number of carbonyl (C=O) groups excluding carboxylic acids is 1. The zero-order chi connectivity index (χ0) is 15.1. The van der Waals surface area contributed by atoms with Crippen molar-refractivity contribution in [1.29, 1.82) is 0 Å². The van der Waals surface area contributed by atoms with Crippen LogP contribution in [0.4, 0.5) is 0 Å². The van der Waals surface area contributed by atoms with Gasteiger partial charge in [-0.2, -0.15) is 0 Å². The number of nitrogens with two attached hydrogens (primary N) is 1. The molecule has 1 saturated heterocycles. The number of rotatable bonds is 7. The maximum atomic E-state index is 12.0. The van der Waals surface area contributed by atoms with Gasteiger partial charge in [0.05, 0.1) is 5.54 Å². The summed E-state index contributed by atoms with van der Waals surface area (Å²) >= 11 is 0. The summed E-state index contributed by atoms with van der Waals surface area (Å²) in [6.45, 7) is 10.1. The van der Waals surface area contributed by atoms with E-state index in [1.54, 1.807) is 0 Å². The van der Waals surface area contributed by atoms with Crippen LogP contribution in [-0.4, -0.2) is 67.1 Å². The van der Waals surface area contributed by atoms with Crippen LogP contribution in [0.25, 0.3) is 0 Å². The van der Waals surface area contributed by atoms with E-state index in [0.29, 0.717) is 0 Å². The molecule has 8 heteroatoms. The van der Waals surface area contributed by atoms with E-state index in [2.05, 4.69) is 22.0 Å². The standard InChI is InChI=1S/C16H32N4O.3ClH/c1-2-19-11-13-20(14-12-19)10-6-5-9-18-15(21)16(17)7-3-4-8-16;;;/h2-14,17H2,1H3,(H,18,21);3*1H. The van der Waals surface area contributed by atoms with Crippen molar-refractivity contribution < 1.29 is 4.79 Å². The lowest BCUT2D eigenvalue weighted by molar-refractivity contribution is -0.126. The molecule has 1 saturated carbocycles. The number of nitrogens with one attached hydrogen (secondary N) is 1. The van der Waals surface area contributed by atoms with E-state index in [1.807, 2.05) is 0 Å². The molecule has 146 valence electrons. The van der Waals surface area contributed by atoms with Gasteiger partial charge in [0.25, 0.3) is 0 Å². The molecule has 0 spiro atoms. The maximum absolute atomic E-state index is 12.0. The molecule has 0 bridgehead atoms. The van der Waals surface area contributed by atoms with E-state index >= 15 is 0 Å². The van der Waals surface area contributed by atoms with E-state index < -0.39 is 5.54 Å². The van der Waals surface area contributed by atoms with E-state index in [-0.39, 0.29) is 43.1 Å². The first-order valence-corrected chi connectivity index (χ1v) is 8.66. The molecule has 0 radical (unpaired) electrons. The third-order valence-electron chi connectivity index (χ3n) is 5.05. The Hall–Kier alpha value is 0.220. The van der Waals surface area contributed by atoms with Gasteiger partial charge in [-0.15, -0.1) is 37.2 Å². The first-order valence-electron chi connectivity index (χ1n) is 8.66. The normalized spacial score (nSPS) is 20.4. The lowest BCUT2D eigenvalue weighted by Crippen LogP contribution is -2.52. The fourth-order valence-corrected chi connectivity index (χ4v) is 3.40. The summed E-state index contributed by atoms with van der Waals surface area (Å²) in [6, 6.07) is 0. The van der Waals surface area contributed by atoms with Gasteiger partial charge in [-0.3, -0.25) is 4.79 Å². The third-order valence-corrected chi connectivity index (χ3v) is 5.05. The Labute approximate surface area is 165 Å². The SMILES string of the molecule is CCN1CCN(CCCCNC(=O)C2(N)CCCC2)CC1.Cl.Cl.Cl. The maximum Gasteiger partial charge on any atom is 0.240 e. The fourth-order valence-electron chi connectivity index (χ4n) is 3.40. The Kier molecular flexibility index (Phi) is 14.8. The average molecular weight is 406 g/mol. The van der Waals surface area contributed by atoms with E-state index in [4.69, 9.17) is 5.73 Å². The van der Waals surface area contributed by atoms with Crippen LogP contribution in [0.1, 0.15) is 45.4 Å². The summed E-state index contributed by atoms with van der Waals surface area (Å²) in [4.78, 5) is 17.1. The van der Waals surface area contributed by atoms with Gasteiger partial charge in [0.15, 0.2) is 0 Å². The van der Waals surface area contributed by atoms with Crippen molar-refractivity contribution >= 4 is 43.1 Å². The zero-order valence-electron chi connectivity index (χ0n) is 14.8. The second kappa shape index (κ2) is 13.4. The van der Waals surface area contributed by atoms with Gasteiger partial charge in [-0.05, 0) is 38.8 Å². The summed E-state index contributed by atoms with van der Waals surface area (Å²) < 4.78 is 0. The molecule has 1 amide bonds. The lowest BCUT2D eigenvalue weighted by Gasteiger charge is -2.34. The molecule has 0 atom stereocenters. The van der Waals surface area contributed by atoms with Crippen molar-refractivity contribution in [2.24, 2.45) is 5.73 Å². The summed E-state index contributed by atoms with van der Waals surface area (Å²) in [7, 11) is 0. The number of nitrogens with zero attached hydrogens (tertiary/aromatic N) is 2. The van der Waals surface area contributed by atoms with E-state index in [1.165, 1.54) is 32.7 Å². The second-order valence-electron chi connectivity index (χ2n) is 6.60. The van der Waals surface area contributed by atoms with Crippen LogP contribution in [-0.2, 0) is 4.79 Å². The smallest absolute Gasteiger partial charge is 0.240 e. The Morgan fingerprint density at radius 1 is 1.00 bits per heavy atom. The molecule has 1 aliphatic heterocycles. The van der Waals surface area contributed by atoms with Gasteiger partial charge >= 0.3 is 0 Å². The second-order valence-corrected chi connectivity index (χ2v) is 6.60. The van der Waals surface area contributed by atoms with Crippen LogP contribution in [0.2, 0.25) is 0 Å². The summed E-state index contributed by atoms with van der Waals surface area (Å²) in [5, 5.41) is 3.03. The quantitative estimate of drug-likeness (QED) is 0.636. The average Bonchev–Trinajstić information content (AvgIpc) is 2.95. The molecular weight excluding hydrogens is 371 g/mol. The van der Waals surface area contributed by atoms with Gasteiger partial charge in [-0.25, -0.2) is 0 Å². The molecule has 0 aromatic carbocycles. The highest BCUT2D eigenvalue weighted by molar-refractivity contribution is 5.86.